The fourth-order valence-electron chi connectivity index (χ4n) is 3.70. The Morgan fingerprint density at radius 1 is 1.25 bits per heavy atom. The maximum Gasteiger partial charge on any atom is 0.227 e. The predicted molar refractivity (Wildman–Crippen MR) is 75.1 cm³/mol. The number of hydrogen-bond acceptors (Lipinski definition) is 5. The molecule has 5 heteroatoms. The molecule has 2 saturated carbocycles. The molecule has 2 fully saturated rings. The van der Waals surface area contributed by atoms with E-state index in [2.05, 4.69) is 10.1 Å². The van der Waals surface area contributed by atoms with Crippen LogP contribution in [-0.4, -0.2) is 23.3 Å². The Labute approximate surface area is 120 Å². The van der Waals surface area contributed by atoms with Crippen molar-refractivity contribution in [2.45, 2.75) is 69.4 Å². The number of ether oxygens (including phenoxy) is 1. The fourth-order valence-corrected chi connectivity index (χ4v) is 3.70. The van der Waals surface area contributed by atoms with Gasteiger partial charge in [-0.1, -0.05) is 18.0 Å². The molecule has 112 valence electrons. The standard InChI is InChI=1S/C15H25N3O2/c1-19-15(8-4-5-9-15)14-17-13(20-18-14)10-11-6-2-3-7-12(11)16/h11-12H,2-10,16H2,1H3. The molecule has 2 atom stereocenters. The van der Waals surface area contributed by atoms with Gasteiger partial charge < -0.3 is 15.0 Å². The first-order chi connectivity index (χ1) is 9.73. The smallest absolute Gasteiger partial charge is 0.227 e. The Balaban J connectivity index is 1.70. The summed E-state index contributed by atoms with van der Waals surface area (Å²) in [6.45, 7) is 0. The van der Waals surface area contributed by atoms with Crippen LogP contribution < -0.4 is 5.73 Å². The Morgan fingerprint density at radius 2 is 2.00 bits per heavy atom. The highest BCUT2D eigenvalue weighted by Crippen LogP contribution is 2.40. The lowest BCUT2D eigenvalue weighted by molar-refractivity contribution is -0.0178. The van der Waals surface area contributed by atoms with Crippen LogP contribution in [0.3, 0.4) is 0 Å². The van der Waals surface area contributed by atoms with Gasteiger partial charge in [-0.3, -0.25) is 0 Å². The van der Waals surface area contributed by atoms with E-state index in [0.29, 0.717) is 5.92 Å². The fraction of sp³-hybridized carbons (Fsp3) is 0.867. The summed E-state index contributed by atoms with van der Waals surface area (Å²) in [6.07, 6.45) is 9.95. The van der Waals surface area contributed by atoms with Crippen LogP contribution in [0.4, 0.5) is 0 Å². The molecule has 0 radical (unpaired) electrons. The average Bonchev–Trinajstić information content (AvgIpc) is 3.11. The summed E-state index contributed by atoms with van der Waals surface area (Å²) in [5.74, 6) is 1.95. The molecule has 3 rings (SSSR count). The Hall–Kier alpha value is -0.940. The summed E-state index contributed by atoms with van der Waals surface area (Å²) < 4.78 is 11.2. The van der Waals surface area contributed by atoms with Crippen LogP contribution in [0.5, 0.6) is 0 Å². The topological polar surface area (TPSA) is 74.2 Å². The normalized spacial score (nSPS) is 29.7. The molecule has 2 aliphatic rings. The number of nitrogens with two attached hydrogens (primary N) is 1. The van der Waals surface area contributed by atoms with E-state index in [4.69, 9.17) is 15.0 Å². The van der Waals surface area contributed by atoms with Gasteiger partial charge in [0.25, 0.3) is 0 Å². The second-order valence-electron chi connectivity index (χ2n) is 6.33. The van der Waals surface area contributed by atoms with Crippen molar-refractivity contribution >= 4 is 0 Å². The first-order valence-corrected chi connectivity index (χ1v) is 7.87. The number of hydrogen-bond donors (Lipinski definition) is 1. The van der Waals surface area contributed by atoms with E-state index in [-0.39, 0.29) is 11.6 Å². The van der Waals surface area contributed by atoms with Crippen LogP contribution in [0.15, 0.2) is 4.52 Å². The average molecular weight is 279 g/mol. The Bertz CT molecular complexity index is 440. The summed E-state index contributed by atoms with van der Waals surface area (Å²) in [5.41, 5.74) is 5.88. The molecule has 1 aromatic heterocycles. The summed E-state index contributed by atoms with van der Waals surface area (Å²) in [6, 6.07) is 0.280. The van der Waals surface area contributed by atoms with Crippen molar-refractivity contribution in [2.75, 3.05) is 7.11 Å². The third kappa shape index (κ3) is 2.61. The second kappa shape index (κ2) is 5.82. The highest BCUT2D eigenvalue weighted by Gasteiger charge is 2.40. The molecule has 0 amide bonds. The summed E-state index contributed by atoms with van der Waals surface area (Å²) in [4.78, 5) is 4.61. The minimum absolute atomic E-state index is 0.280. The first-order valence-electron chi connectivity index (χ1n) is 7.87. The number of nitrogens with zero attached hydrogens (tertiary/aromatic N) is 2. The molecular weight excluding hydrogens is 254 g/mol. The quantitative estimate of drug-likeness (QED) is 0.916. The van der Waals surface area contributed by atoms with Crippen molar-refractivity contribution in [2.24, 2.45) is 11.7 Å². The molecule has 1 aromatic rings. The lowest BCUT2D eigenvalue weighted by atomic mass is 9.83. The number of aromatic nitrogens is 2. The van der Waals surface area contributed by atoms with Gasteiger partial charge >= 0.3 is 0 Å². The summed E-state index contributed by atoms with van der Waals surface area (Å²) in [7, 11) is 1.75. The van der Waals surface area contributed by atoms with Crippen LogP contribution in [0.25, 0.3) is 0 Å². The minimum atomic E-state index is -0.309. The molecule has 5 nitrogen and oxygen atoms in total. The Morgan fingerprint density at radius 3 is 2.70 bits per heavy atom. The third-order valence-corrected chi connectivity index (χ3v) is 5.08. The zero-order valence-corrected chi connectivity index (χ0v) is 12.3. The van der Waals surface area contributed by atoms with Crippen molar-refractivity contribution in [3.05, 3.63) is 11.7 Å². The van der Waals surface area contributed by atoms with Crippen molar-refractivity contribution in [1.29, 1.82) is 0 Å². The molecule has 2 unspecified atom stereocenters. The third-order valence-electron chi connectivity index (χ3n) is 5.08. The molecule has 2 aliphatic carbocycles. The monoisotopic (exact) mass is 279 g/mol. The van der Waals surface area contributed by atoms with E-state index in [1.807, 2.05) is 0 Å². The van der Waals surface area contributed by atoms with E-state index in [1.165, 1.54) is 32.1 Å². The van der Waals surface area contributed by atoms with Gasteiger partial charge in [0.15, 0.2) is 0 Å². The molecule has 20 heavy (non-hydrogen) atoms. The van der Waals surface area contributed by atoms with Crippen LogP contribution in [-0.2, 0) is 16.8 Å². The van der Waals surface area contributed by atoms with Gasteiger partial charge in [0.05, 0.1) is 0 Å². The SMILES string of the molecule is COC1(c2noc(CC3CCCCC3N)n2)CCCC1. The van der Waals surface area contributed by atoms with E-state index in [1.54, 1.807) is 7.11 Å². The lowest BCUT2D eigenvalue weighted by Crippen LogP contribution is -2.34. The van der Waals surface area contributed by atoms with Gasteiger partial charge in [-0.2, -0.15) is 4.98 Å². The van der Waals surface area contributed by atoms with Crippen molar-refractivity contribution in [3.63, 3.8) is 0 Å². The largest absolute Gasteiger partial charge is 0.370 e. The molecule has 0 bridgehead atoms. The first kappa shape index (κ1) is 14.0. The zero-order chi connectivity index (χ0) is 14.0. The van der Waals surface area contributed by atoms with Crippen molar-refractivity contribution < 1.29 is 9.26 Å². The molecule has 0 aliphatic heterocycles. The van der Waals surface area contributed by atoms with Crippen LogP contribution >= 0.6 is 0 Å². The van der Waals surface area contributed by atoms with Gasteiger partial charge in [-0.05, 0) is 44.4 Å². The van der Waals surface area contributed by atoms with E-state index < -0.39 is 0 Å². The lowest BCUT2D eigenvalue weighted by Gasteiger charge is -2.27. The molecule has 0 aromatic carbocycles. The Kier molecular flexibility index (Phi) is 4.08. The van der Waals surface area contributed by atoms with E-state index in [0.717, 1.165) is 37.4 Å². The number of methoxy groups -OCH3 is 1. The molecular formula is C15H25N3O2. The molecule has 1 heterocycles. The van der Waals surface area contributed by atoms with Crippen molar-refractivity contribution in [1.82, 2.24) is 10.1 Å². The van der Waals surface area contributed by atoms with Gasteiger partial charge in [0.1, 0.15) is 5.60 Å². The van der Waals surface area contributed by atoms with Gasteiger partial charge in [0.2, 0.25) is 11.7 Å². The van der Waals surface area contributed by atoms with E-state index >= 15 is 0 Å². The summed E-state index contributed by atoms with van der Waals surface area (Å²) >= 11 is 0. The van der Waals surface area contributed by atoms with Crippen LogP contribution in [0.1, 0.15) is 63.1 Å². The highest BCUT2D eigenvalue weighted by atomic mass is 16.5. The highest BCUT2D eigenvalue weighted by molar-refractivity contribution is 5.05. The molecule has 0 spiro atoms. The minimum Gasteiger partial charge on any atom is -0.370 e. The maximum atomic E-state index is 6.19. The van der Waals surface area contributed by atoms with Gasteiger partial charge in [-0.25, -0.2) is 0 Å². The summed E-state index contributed by atoms with van der Waals surface area (Å²) in [5, 5.41) is 4.18. The van der Waals surface area contributed by atoms with E-state index in [9.17, 15) is 0 Å². The number of rotatable bonds is 4. The van der Waals surface area contributed by atoms with Gasteiger partial charge in [0, 0.05) is 19.6 Å². The van der Waals surface area contributed by atoms with Crippen LogP contribution in [0, 0.1) is 5.92 Å². The molecule has 2 N–H and O–H groups in total. The predicted octanol–water partition coefficient (Wildman–Crippen LogP) is 2.55. The zero-order valence-electron chi connectivity index (χ0n) is 12.3. The van der Waals surface area contributed by atoms with Gasteiger partial charge in [-0.15, -0.1) is 0 Å². The maximum absolute atomic E-state index is 6.19. The van der Waals surface area contributed by atoms with Crippen LogP contribution in [0.2, 0.25) is 0 Å². The molecule has 0 saturated heterocycles. The second-order valence-corrected chi connectivity index (χ2v) is 6.33. The van der Waals surface area contributed by atoms with Crippen molar-refractivity contribution in [3.8, 4) is 0 Å².